The Morgan fingerprint density at radius 1 is 1.28 bits per heavy atom. The fourth-order valence-electron chi connectivity index (χ4n) is 2.39. The Morgan fingerprint density at radius 2 is 2.08 bits per heavy atom. The molecule has 3 N–H and O–H groups in total. The average Bonchev–Trinajstić information content (AvgIpc) is 2.93. The molecule has 0 fully saturated rings. The first-order valence-corrected chi connectivity index (χ1v) is 7.84. The molecule has 0 atom stereocenters. The van der Waals surface area contributed by atoms with Gasteiger partial charge in [-0.3, -0.25) is 9.78 Å². The van der Waals surface area contributed by atoms with Crippen molar-refractivity contribution in [1.82, 2.24) is 9.97 Å². The first kappa shape index (κ1) is 17.0. The molecule has 0 saturated carbocycles. The minimum absolute atomic E-state index is 0.0791. The molecular weight excluding hydrogens is 365 g/mol. The third-order valence-corrected chi connectivity index (χ3v) is 3.91. The van der Waals surface area contributed by atoms with Gasteiger partial charge in [-0.25, -0.2) is 4.79 Å². The van der Waals surface area contributed by atoms with Crippen LogP contribution in [0.3, 0.4) is 0 Å². The molecule has 2 heterocycles. The molecule has 3 aromatic rings. The molecule has 0 aliphatic rings. The van der Waals surface area contributed by atoms with Crippen LogP contribution in [0, 0.1) is 0 Å². The molecule has 0 spiro atoms. The van der Waals surface area contributed by atoms with Crippen LogP contribution in [0.15, 0.2) is 42.7 Å². The number of anilines is 1. The molecule has 3 rings (SSSR count). The highest BCUT2D eigenvalue weighted by Crippen LogP contribution is 2.33. The van der Waals surface area contributed by atoms with E-state index in [0.717, 1.165) is 0 Å². The molecule has 0 aliphatic heterocycles. The summed E-state index contributed by atoms with van der Waals surface area (Å²) < 4.78 is 0. The number of benzene rings is 1. The number of aromatic carboxylic acids is 1. The van der Waals surface area contributed by atoms with Crippen LogP contribution in [-0.4, -0.2) is 27.0 Å². The molecule has 0 unspecified atom stereocenters. The quantitative estimate of drug-likeness (QED) is 0.594. The van der Waals surface area contributed by atoms with Gasteiger partial charge in [0.1, 0.15) is 5.69 Å². The van der Waals surface area contributed by atoms with Gasteiger partial charge in [-0.2, -0.15) is 0 Å². The van der Waals surface area contributed by atoms with Gasteiger partial charge in [-0.05, 0) is 30.3 Å². The first-order valence-electron chi connectivity index (χ1n) is 7.09. The number of aromatic amines is 1. The van der Waals surface area contributed by atoms with Crippen LogP contribution in [0.5, 0.6) is 0 Å². The summed E-state index contributed by atoms with van der Waals surface area (Å²) >= 11 is 12.1. The summed E-state index contributed by atoms with van der Waals surface area (Å²) in [5.41, 5.74) is 1.22. The zero-order valence-electron chi connectivity index (χ0n) is 12.6. The summed E-state index contributed by atoms with van der Waals surface area (Å²) in [7, 11) is 0. The molecule has 6 nitrogen and oxygen atoms in total. The van der Waals surface area contributed by atoms with Gasteiger partial charge in [0.05, 0.1) is 16.9 Å². The van der Waals surface area contributed by atoms with Crippen molar-refractivity contribution in [2.75, 3.05) is 5.32 Å². The zero-order valence-corrected chi connectivity index (χ0v) is 14.1. The number of fused-ring (bicyclic) bond motifs is 1. The summed E-state index contributed by atoms with van der Waals surface area (Å²) in [6.45, 7) is 0. The summed E-state index contributed by atoms with van der Waals surface area (Å²) in [5, 5.41) is 13.1. The highest BCUT2D eigenvalue weighted by Gasteiger charge is 2.18. The molecule has 0 aliphatic carbocycles. The monoisotopic (exact) mass is 375 g/mol. The maximum atomic E-state index is 12.0. The molecule has 2 aromatic heterocycles. The van der Waals surface area contributed by atoms with Crippen LogP contribution in [0.2, 0.25) is 10.0 Å². The molecule has 0 radical (unpaired) electrons. The number of halogens is 2. The molecular formula is C17H11Cl2N3O3. The van der Waals surface area contributed by atoms with Crippen molar-refractivity contribution >= 4 is 57.7 Å². The topological polar surface area (TPSA) is 95.1 Å². The van der Waals surface area contributed by atoms with Gasteiger partial charge in [0, 0.05) is 33.8 Å². The highest BCUT2D eigenvalue weighted by molar-refractivity contribution is 6.39. The van der Waals surface area contributed by atoms with Gasteiger partial charge in [0.15, 0.2) is 0 Å². The van der Waals surface area contributed by atoms with Crippen molar-refractivity contribution in [3.05, 3.63) is 64.0 Å². The van der Waals surface area contributed by atoms with E-state index in [2.05, 4.69) is 15.3 Å². The number of carboxylic acid groups (broad SMARTS) is 1. The number of pyridine rings is 1. The smallest absolute Gasteiger partial charge is 0.352 e. The summed E-state index contributed by atoms with van der Waals surface area (Å²) in [6.07, 6.45) is 5.71. The summed E-state index contributed by atoms with van der Waals surface area (Å²) in [5.74, 6) is -1.60. The Kier molecular flexibility index (Phi) is 4.74. The molecule has 126 valence electrons. The molecule has 8 heteroatoms. The van der Waals surface area contributed by atoms with Crippen molar-refractivity contribution in [1.29, 1.82) is 0 Å². The van der Waals surface area contributed by atoms with Crippen molar-refractivity contribution in [2.24, 2.45) is 0 Å². The minimum atomic E-state index is -1.17. The molecule has 1 aromatic carbocycles. The second kappa shape index (κ2) is 6.96. The van der Waals surface area contributed by atoms with Crippen LogP contribution < -0.4 is 5.32 Å². The Morgan fingerprint density at radius 3 is 2.76 bits per heavy atom. The van der Waals surface area contributed by atoms with E-state index in [0.29, 0.717) is 32.2 Å². The largest absolute Gasteiger partial charge is 0.477 e. The van der Waals surface area contributed by atoms with E-state index in [1.165, 1.54) is 24.4 Å². The van der Waals surface area contributed by atoms with Crippen molar-refractivity contribution in [3.63, 3.8) is 0 Å². The standard InChI is InChI=1S/C17H11Cl2N3O3/c18-9-6-12(19)15-11(16(17(24)25)22-13(15)7-9)3-4-14(23)21-10-2-1-5-20-8-10/h1-8,22H,(H,21,23)(H,24,25)/b4-3+. The lowest BCUT2D eigenvalue weighted by Crippen LogP contribution is -2.08. The van der Waals surface area contributed by atoms with Crippen molar-refractivity contribution < 1.29 is 14.7 Å². The van der Waals surface area contributed by atoms with Gasteiger partial charge in [0.25, 0.3) is 0 Å². The van der Waals surface area contributed by atoms with E-state index in [9.17, 15) is 14.7 Å². The third kappa shape index (κ3) is 3.65. The van der Waals surface area contributed by atoms with Crippen LogP contribution in [0.4, 0.5) is 5.69 Å². The molecule has 0 bridgehead atoms. The third-order valence-electron chi connectivity index (χ3n) is 3.40. The average molecular weight is 376 g/mol. The Bertz CT molecular complexity index is 997. The predicted molar refractivity (Wildman–Crippen MR) is 97.2 cm³/mol. The number of aromatic nitrogens is 2. The Hall–Kier alpha value is -2.83. The lowest BCUT2D eigenvalue weighted by Gasteiger charge is -2.01. The van der Waals surface area contributed by atoms with Gasteiger partial charge in [0.2, 0.25) is 5.91 Å². The zero-order chi connectivity index (χ0) is 18.0. The van der Waals surface area contributed by atoms with Gasteiger partial charge in [-0.15, -0.1) is 0 Å². The van der Waals surface area contributed by atoms with E-state index in [-0.39, 0.29) is 5.69 Å². The molecule has 0 saturated heterocycles. The molecule has 1 amide bonds. The van der Waals surface area contributed by atoms with Crippen LogP contribution >= 0.6 is 23.2 Å². The van der Waals surface area contributed by atoms with Crippen LogP contribution in [0.1, 0.15) is 16.1 Å². The second-order valence-electron chi connectivity index (χ2n) is 5.09. The molecule has 25 heavy (non-hydrogen) atoms. The van der Waals surface area contributed by atoms with E-state index < -0.39 is 11.9 Å². The van der Waals surface area contributed by atoms with Crippen LogP contribution in [-0.2, 0) is 4.79 Å². The van der Waals surface area contributed by atoms with E-state index in [1.807, 2.05) is 0 Å². The number of nitrogens with zero attached hydrogens (tertiary/aromatic N) is 1. The normalized spacial score (nSPS) is 11.1. The minimum Gasteiger partial charge on any atom is -0.477 e. The lowest BCUT2D eigenvalue weighted by molar-refractivity contribution is -0.111. The number of nitrogens with one attached hydrogen (secondary N) is 2. The van der Waals surface area contributed by atoms with Gasteiger partial charge in [-0.1, -0.05) is 23.2 Å². The number of hydrogen-bond acceptors (Lipinski definition) is 3. The van der Waals surface area contributed by atoms with Crippen LogP contribution in [0.25, 0.3) is 17.0 Å². The number of H-pyrrole nitrogens is 1. The maximum absolute atomic E-state index is 12.0. The number of carbonyl (C=O) groups is 2. The Labute approximate surface area is 152 Å². The van der Waals surface area contributed by atoms with Crippen molar-refractivity contribution in [3.8, 4) is 0 Å². The van der Waals surface area contributed by atoms with E-state index in [4.69, 9.17) is 23.2 Å². The number of hydrogen-bond donors (Lipinski definition) is 3. The SMILES string of the molecule is O=C(/C=C/c1c(C(=O)O)[nH]c2cc(Cl)cc(Cl)c12)Nc1cccnc1. The predicted octanol–water partition coefficient (Wildman–Crippen LogP) is 4.22. The van der Waals surface area contributed by atoms with E-state index in [1.54, 1.807) is 24.4 Å². The summed E-state index contributed by atoms with van der Waals surface area (Å²) in [4.78, 5) is 30.2. The number of amides is 1. The number of carboxylic acids is 1. The van der Waals surface area contributed by atoms with E-state index >= 15 is 0 Å². The second-order valence-corrected chi connectivity index (χ2v) is 5.94. The Balaban J connectivity index is 1.98. The fraction of sp³-hybridized carbons (Fsp3) is 0. The first-order chi connectivity index (χ1) is 12.0. The number of carbonyl (C=O) groups excluding carboxylic acids is 1. The maximum Gasteiger partial charge on any atom is 0.352 e. The lowest BCUT2D eigenvalue weighted by atomic mass is 10.1. The van der Waals surface area contributed by atoms with Gasteiger partial charge < -0.3 is 15.4 Å². The highest BCUT2D eigenvalue weighted by atomic mass is 35.5. The van der Waals surface area contributed by atoms with Gasteiger partial charge >= 0.3 is 5.97 Å². The van der Waals surface area contributed by atoms with Crippen molar-refractivity contribution in [2.45, 2.75) is 0 Å². The summed E-state index contributed by atoms with van der Waals surface area (Å²) in [6, 6.07) is 6.46. The fourth-order valence-corrected chi connectivity index (χ4v) is 2.98. The number of rotatable bonds is 4.